The monoisotopic (exact) mass is 284 g/mol. The van der Waals surface area contributed by atoms with Gasteiger partial charge in [-0.2, -0.15) is 0 Å². The van der Waals surface area contributed by atoms with Gasteiger partial charge in [0.25, 0.3) is 0 Å². The minimum Gasteiger partial charge on any atom is -0.383 e. The van der Waals surface area contributed by atoms with Crippen LogP contribution in [0.15, 0.2) is 18.2 Å². The van der Waals surface area contributed by atoms with Crippen LogP contribution in [0.3, 0.4) is 0 Å². The smallest absolute Gasteiger partial charge is 0.238 e. The number of benzene rings is 1. The fraction of sp³-hybridized carbons (Fsp3) is 0.500. The van der Waals surface area contributed by atoms with E-state index in [-0.39, 0.29) is 18.3 Å². The van der Waals surface area contributed by atoms with Crippen LogP contribution in [0.2, 0.25) is 0 Å². The highest BCUT2D eigenvalue weighted by atomic mass is 35.5. The number of ether oxygens (including phenoxy) is 1. The van der Waals surface area contributed by atoms with Crippen molar-refractivity contribution in [3.8, 4) is 0 Å². The topological polar surface area (TPSA) is 50.4 Å². The van der Waals surface area contributed by atoms with E-state index in [0.717, 1.165) is 12.1 Å². The van der Waals surface area contributed by atoms with Crippen LogP contribution in [0.1, 0.15) is 17.5 Å². The van der Waals surface area contributed by atoms with Crippen molar-refractivity contribution in [2.24, 2.45) is 0 Å². The normalized spacial score (nSPS) is 12.7. The summed E-state index contributed by atoms with van der Waals surface area (Å²) in [5.74, 6) is -0.0101. The molecule has 1 aromatic rings. The van der Waals surface area contributed by atoms with Gasteiger partial charge in [-0.1, -0.05) is 6.07 Å². The van der Waals surface area contributed by atoms with Crippen LogP contribution < -0.4 is 10.6 Å². The van der Waals surface area contributed by atoms with Gasteiger partial charge in [-0.15, -0.1) is 12.4 Å². The first kappa shape index (κ1) is 16.0. The van der Waals surface area contributed by atoms with E-state index < -0.39 is 0 Å². The lowest BCUT2D eigenvalue weighted by atomic mass is 10.1. The van der Waals surface area contributed by atoms with Crippen molar-refractivity contribution in [3.05, 3.63) is 29.3 Å². The third kappa shape index (κ3) is 4.82. The Balaban J connectivity index is 0.00000180. The van der Waals surface area contributed by atoms with E-state index in [2.05, 4.69) is 22.8 Å². The zero-order chi connectivity index (χ0) is 12.8. The second-order valence-electron chi connectivity index (χ2n) is 4.55. The molecule has 106 valence electrons. The molecule has 1 aliphatic carbocycles. The van der Waals surface area contributed by atoms with Gasteiger partial charge in [0.1, 0.15) is 0 Å². The molecule has 0 spiro atoms. The summed E-state index contributed by atoms with van der Waals surface area (Å²) in [6.07, 6.45) is 3.53. The number of anilines is 1. The maximum atomic E-state index is 11.7. The van der Waals surface area contributed by atoms with Gasteiger partial charge >= 0.3 is 0 Å². The van der Waals surface area contributed by atoms with Crippen LogP contribution in [0.4, 0.5) is 5.69 Å². The number of aryl methyl sites for hydroxylation is 2. The Morgan fingerprint density at radius 1 is 1.32 bits per heavy atom. The van der Waals surface area contributed by atoms with E-state index in [0.29, 0.717) is 19.7 Å². The quantitative estimate of drug-likeness (QED) is 0.783. The summed E-state index contributed by atoms with van der Waals surface area (Å²) in [6.45, 7) is 1.63. The van der Waals surface area contributed by atoms with Gasteiger partial charge in [0.05, 0.1) is 13.2 Å². The molecule has 5 heteroatoms. The van der Waals surface area contributed by atoms with E-state index in [9.17, 15) is 4.79 Å². The maximum Gasteiger partial charge on any atom is 0.238 e. The molecule has 1 aromatic carbocycles. The van der Waals surface area contributed by atoms with Crippen LogP contribution in [0.5, 0.6) is 0 Å². The standard InChI is InChI=1S/C14H20N2O2.ClH/c1-18-8-7-15-10-14(17)16-13-6-5-11-3-2-4-12(11)9-13;/h5-6,9,15H,2-4,7-8,10H2,1H3,(H,16,17);1H. The van der Waals surface area contributed by atoms with Crippen LogP contribution >= 0.6 is 12.4 Å². The first-order chi connectivity index (χ1) is 8.79. The molecule has 0 bridgehead atoms. The summed E-state index contributed by atoms with van der Waals surface area (Å²) in [4.78, 5) is 11.7. The predicted octanol–water partition coefficient (Wildman–Crippen LogP) is 1.77. The highest BCUT2D eigenvalue weighted by molar-refractivity contribution is 5.92. The second kappa shape index (κ2) is 8.15. The molecule has 0 aliphatic heterocycles. The lowest BCUT2D eigenvalue weighted by Crippen LogP contribution is -2.30. The second-order valence-corrected chi connectivity index (χ2v) is 4.55. The summed E-state index contributed by atoms with van der Waals surface area (Å²) >= 11 is 0. The van der Waals surface area contributed by atoms with Crippen molar-refractivity contribution < 1.29 is 9.53 Å². The highest BCUT2D eigenvalue weighted by Gasteiger charge is 2.11. The third-order valence-electron chi connectivity index (χ3n) is 3.15. The summed E-state index contributed by atoms with van der Waals surface area (Å²) in [6, 6.07) is 6.20. The molecule has 2 rings (SSSR count). The van der Waals surface area contributed by atoms with Crippen molar-refractivity contribution in [2.45, 2.75) is 19.3 Å². The van der Waals surface area contributed by atoms with Gasteiger partial charge in [0.2, 0.25) is 5.91 Å². The van der Waals surface area contributed by atoms with Crippen molar-refractivity contribution >= 4 is 24.0 Å². The molecule has 19 heavy (non-hydrogen) atoms. The van der Waals surface area contributed by atoms with E-state index >= 15 is 0 Å². The number of amides is 1. The molecule has 0 unspecified atom stereocenters. The summed E-state index contributed by atoms with van der Waals surface area (Å²) in [5.41, 5.74) is 3.69. The van der Waals surface area contributed by atoms with Gasteiger partial charge in [-0.25, -0.2) is 0 Å². The lowest BCUT2D eigenvalue weighted by molar-refractivity contribution is -0.115. The minimum atomic E-state index is -0.0101. The van der Waals surface area contributed by atoms with Crippen molar-refractivity contribution in [2.75, 3.05) is 32.1 Å². The lowest BCUT2D eigenvalue weighted by Gasteiger charge is -2.08. The number of nitrogens with one attached hydrogen (secondary N) is 2. The molecule has 0 heterocycles. The number of carbonyl (C=O) groups is 1. The predicted molar refractivity (Wildman–Crippen MR) is 79.1 cm³/mol. The fourth-order valence-electron chi connectivity index (χ4n) is 2.23. The number of hydrogen-bond acceptors (Lipinski definition) is 3. The Labute approximate surface area is 120 Å². The molecule has 0 saturated carbocycles. The zero-order valence-corrected chi connectivity index (χ0v) is 12.0. The van der Waals surface area contributed by atoms with Crippen molar-refractivity contribution in [1.29, 1.82) is 0 Å². The largest absolute Gasteiger partial charge is 0.383 e. The van der Waals surface area contributed by atoms with Gasteiger partial charge in [0, 0.05) is 19.3 Å². The number of fused-ring (bicyclic) bond motifs is 1. The van der Waals surface area contributed by atoms with Crippen LogP contribution in [-0.4, -0.2) is 32.7 Å². The minimum absolute atomic E-state index is 0. The Hall–Kier alpha value is -1.10. The average molecular weight is 285 g/mol. The molecule has 0 fully saturated rings. The summed E-state index contributed by atoms with van der Waals surface area (Å²) in [7, 11) is 1.65. The van der Waals surface area contributed by atoms with Crippen molar-refractivity contribution in [1.82, 2.24) is 5.32 Å². The number of hydrogen-bond donors (Lipinski definition) is 2. The molecule has 1 amide bonds. The first-order valence-corrected chi connectivity index (χ1v) is 6.41. The van der Waals surface area contributed by atoms with Gasteiger partial charge in [-0.3, -0.25) is 4.79 Å². The maximum absolute atomic E-state index is 11.7. The zero-order valence-electron chi connectivity index (χ0n) is 11.2. The Morgan fingerprint density at radius 2 is 2.11 bits per heavy atom. The van der Waals surface area contributed by atoms with Crippen LogP contribution in [0.25, 0.3) is 0 Å². The molecule has 0 saturated heterocycles. The molecule has 0 radical (unpaired) electrons. The molecule has 0 atom stereocenters. The van der Waals surface area contributed by atoms with E-state index in [1.54, 1.807) is 7.11 Å². The molecular formula is C14H21ClN2O2. The molecule has 1 aliphatic rings. The fourth-order valence-corrected chi connectivity index (χ4v) is 2.23. The molecule has 2 N–H and O–H groups in total. The van der Waals surface area contributed by atoms with Gasteiger partial charge in [0.15, 0.2) is 0 Å². The van der Waals surface area contributed by atoms with Gasteiger partial charge < -0.3 is 15.4 Å². The van der Waals surface area contributed by atoms with E-state index in [1.165, 1.54) is 24.0 Å². The van der Waals surface area contributed by atoms with E-state index in [4.69, 9.17) is 4.74 Å². The average Bonchev–Trinajstić information content (AvgIpc) is 2.82. The van der Waals surface area contributed by atoms with Crippen LogP contribution in [-0.2, 0) is 22.4 Å². The van der Waals surface area contributed by atoms with Crippen molar-refractivity contribution in [3.63, 3.8) is 0 Å². The molecule has 0 aromatic heterocycles. The Kier molecular flexibility index (Phi) is 6.84. The third-order valence-corrected chi connectivity index (χ3v) is 3.15. The number of methoxy groups -OCH3 is 1. The van der Waals surface area contributed by atoms with Crippen LogP contribution in [0, 0.1) is 0 Å². The Bertz CT molecular complexity index is 424. The molecule has 4 nitrogen and oxygen atoms in total. The highest BCUT2D eigenvalue weighted by Crippen LogP contribution is 2.24. The van der Waals surface area contributed by atoms with E-state index in [1.807, 2.05) is 6.07 Å². The summed E-state index contributed by atoms with van der Waals surface area (Å²) in [5, 5.41) is 5.93. The molecular weight excluding hydrogens is 264 g/mol. The summed E-state index contributed by atoms with van der Waals surface area (Å²) < 4.78 is 4.90. The SMILES string of the molecule is COCCNCC(=O)Nc1ccc2c(c1)CCC2.Cl. The first-order valence-electron chi connectivity index (χ1n) is 6.41. The Morgan fingerprint density at radius 3 is 2.89 bits per heavy atom. The van der Waals surface area contributed by atoms with Gasteiger partial charge in [-0.05, 0) is 42.5 Å². The number of rotatable bonds is 6. The number of halogens is 1. The number of carbonyl (C=O) groups excluding carboxylic acids is 1.